The predicted octanol–water partition coefficient (Wildman–Crippen LogP) is 6.29. The number of rotatable bonds is 7. The van der Waals surface area contributed by atoms with E-state index in [1.165, 1.54) is 42.7 Å². The molecule has 41 heavy (non-hydrogen) atoms. The topological polar surface area (TPSA) is 98.7 Å². The van der Waals surface area contributed by atoms with E-state index in [0.717, 1.165) is 24.3 Å². The Hall–Kier alpha value is -4.94. The fraction of sp³-hybridized carbons (Fsp3) is 0.143. The van der Waals surface area contributed by atoms with Crippen LogP contribution in [0.4, 0.5) is 32.2 Å². The van der Waals surface area contributed by atoms with Gasteiger partial charge in [0.05, 0.1) is 24.0 Å². The first kappa shape index (κ1) is 27.6. The number of amides is 1. The molecular formula is C28H20F6N6O. The average molecular weight is 570 g/mol. The minimum Gasteiger partial charge on any atom is -0.366 e. The molecule has 0 aliphatic rings. The molecule has 0 aliphatic carbocycles. The summed E-state index contributed by atoms with van der Waals surface area (Å²) in [4.78, 5) is 25.0. The van der Waals surface area contributed by atoms with Crippen LogP contribution in [0.2, 0.25) is 0 Å². The Morgan fingerprint density at radius 3 is 2.15 bits per heavy atom. The van der Waals surface area contributed by atoms with Crippen LogP contribution in [-0.4, -0.2) is 25.4 Å². The van der Waals surface area contributed by atoms with Crippen LogP contribution in [0.1, 0.15) is 32.6 Å². The fourth-order valence-electron chi connectivity index (χ4n) is 4.14. The first-order valence-corrected chi connectivity index (χ1v) is 12.1. The van der Waals surface area contributed by atoms with Gasteiger partial charge in [-0.3, -0.25) is 4.79 Å². The van der Waals surface area contributed by atoms with E-state index in [4.69, 9.17) is 5.73 Å². The summed E-state index contributed by atoms with van der Waals surface area (Å²) in [5.41, 5.74) is 6.09. The third-order valence-electron chi connectivity index (χ3n) is 6.24. The van der Waals surface area contributed by atoms with Crippen molar-refractivity contribution in [1.29, 1.82) is 0 Å². The summed E-state index contributed by atoms with van der Waals surface area (Å²) in [7, 11) is 0. The Morgan fingerprint density at radius 1 is 0.829 bits per heavy atom. The van der Waals surface area contributed by atoms with Crippen molar-refractivity contribution in [1.82, 2.24) is 19.5 Å². The van der Waals surface area contributed by atoms with E-state index in [0.29, 0.717) is 27.9 Å². The minimum atomic E-state index is -4.50. The van der Waals surface area contributed by atoms with Crippen LogP contribution < -0.4 is 11.1 Å². The van der Waals surface area contributed by atoms with E-state index >= 15 is 0 Å². The summed E-state index contributed by atoms with van der Waals surface area (Å²) in [5.74, 6) is -0.173. The second-order valence-corrected chi connectivity index (χ2v) is 9.13. The van der Waals surface area contributed by atoms with Crippen molar-refractivity contribution in [3.63, 3.8) is 0 Å². The number of aromatic nitrogens is 4. The largest absolute Gasteiger partial charge is 0.416 e. The zero-order valence-corrected chi connectivity index (χ0v) is 21.0. The van der Waals surface area contributed by atoms with Crippen molar-refractivity contribution in [2.75, 3.05) is 5.32 Å². The molecule has 1 amide bonds. The van der Waals surface area contributed by atoms with Crippen molar-refractivity contribution in [3.05, 3.63) is 107 Å². The van der Waals surface area contributed by atoms with Crippen LogP contribution in [0.25, 0.3) is 22.6 Å². The maximum absolute atomic E-state index is 13.2. The lowest BCUT2D eigenvalue weighted by molar-refractivity contribution is -0.138. The Balaban J connectivity index is 1.52. The lowest BCUT2D eigenvalue weighted by Gasteiger charge is -2.12. The number of halogens is 6. The lowest BCUT2D eigenvalue weighted by atomic mass is 10.1. The molecule has 3 N–H and O–H groups in total. The van der Waals surface area contributed by atoms with Gasteiger partial charge >= 0.3 is 12.4 Å². The summed E-state index contributed by atoms with van der Waals surface area (Å²) < 4.78 is 80.1. The molecule has 5 rings (SSSR count). The lowest BCUT2D eigenvalue weighted by Crippen LogP contribution is -2.10. The van der Waals surface area contributed by atoms with Crippen molar-refractivity contribution >= 4 is 22.9 Å². The predicted molar refractivity (Wildman–Crippen MR) is 139 cm³/mol. The Morgan fingerprint density at radius 2 is 1.51 bits per heavy atom. The van der Waals surface area contributed by atoms with Crippen molar-refractivity contribution < 1.29 is 31.1 Å². The van der Waals surface area contributed by atoms with Crippen molar-refractivity contribution in [2.24, 2.45) is 5.73 Å². The molecule has 0 saturated carbocycles. The molecule has 0 fully saturated rings. The Kier molecular flexibility index (Phi) is 7.11. The molecule has 0 aliphatic heterocycles. The number of alkyl halides is 6. The van der Waals surface area contributed by atoms with Gasteiger partial charge in [0.15, 0.2) is 17.3 Å². The third-order valence-corrected chi connectivity index (χ3v) is 6.24. The Labute approximate surface area is 228 Å². The highest BCUT2D eigenvalue weighted by Gasteiger charge is 2.31. The molecule has 0 radical (unpaired) electrons. The number of hydrogen-bond donors (Lipinski definition) is 2. The van der Waals surface area contributed by atoms with Crippen LogP contribution in [0.5, 0.6) is 0 Å². The second-order valence-electron chi connectivity index (χ2n) is 9.13. The van der Waals surface area contributed by atoms with E-state index in [1.807, 2.05) is 0 Å². The smallest absolute Gasteiger partial charge is 0.366 e. The monoisotopic (exact) mass is 570 g/mol. The van der Waals surface area contributed by atoms with Crippen LogP contribution in [-0.2, 0) is 25.4 Å². The molecule has 0 unspecified atom stereocenters. The SMILES string of the molecule is NC(=O)c1ccc(-c2nc(NCc3cccc(C(F)(F)F)c3)c3ncn(Cc4ccc(C(F)(F)F)cc4)c3n2)cc1. The number of nitrogens with one attached hydrogen (secondary N) is 1. The van der Waals surface area contributed by atoms with Gasteiger partial charge in [-0.25, -0.2) is 15.0 Å². The summed E-state index contributed by atoms with van der Waals surface area (Å²) in [6.45, 7) is 0.126. The number of hydrogen-bond acceptors (Lipinski definition) is 5. The molecule has 7 nitrogen and oxygen atoms in total. The van der Waals surface area contributed by atoms with E-state index in [2.05, 4.69) is 20.3 Å². The molecule has 5 aromatic rings. The normalized spacial score (nSPS) is 12.0. The van der Waals surface area contributed by atoms with Gasteiger partial charge in [-0.1, -0.05) is 36.4 Å². The van der Waals surface area contributed by atoms with Gasteiger partial charge in [0.1, 0.15) is 5.52 Å². The second kappa shape index (κ2) is 10.6. The van der Waals surface area contributed by atoms with E-state index in [9.17, 15) is 31.1 Å². The molecule has 0 saturated heterocycles. The number of carbonyl (C=O) groups excluding carboxylic acids is 1. The Bertz CT molecular complexity index is 1710. The van der Waals surface area contributed by atoms with Crippen LogP contribution in [0.3, 0.4) is 0 Å². The summed E-state index contributed by atoms with van der Waals surface area (Å²) in [6, 6.07) is 15.7. The summed E-state index contributed by atoms with van der Waals surface area (Å²) in [6.07, 6.45) is -7.52. The third kappa shape index (κ3) is 6.13. The van der Waals surface area contributed by atoms with Crippen LogP contribution in [0, 0.1) is 0 Å². The number of nitrogens with two attached hydrogens (primary N) is 1. The molecule has 210 valence electrons. The quantitative estimate of drug-likeness (QED) is 0.224. The molecule has 2 aromatic heterocycles. The molecule has 13 heteroatoms. The zero-order valence-electron chi connectivity index (χ0n) is 21.0. The molecule has 0 spiro atoms. The van der Waals surface area contributed by atoms with E-state index in [-0.39, 0.29) is 30.3 Å². The highest BCUT2D eigenvalue weighted by molar-refractivity contribution is 5.93. The number of carbonyl (C=O) groups is 1. The highest BCUT2D eigenvalue weighted by Crippen LogP contribution is 2.31. The average Bonchev–Trinajstić information content (AvgIpc) is 3.34. The summed E-state index contributed by atoms with van der Waals surface area (Å²) >= 11 is 0. The van der Waals surface area contributed by atoms with Crippen molar-refractivity contribution in [3.8, 4) is 11.4 Å². The zero-order chi connectivity index (χ0) is 29.4. The maximum atomic E-state index is 13.2. The number of anilines is 1. The maximum Gasteiger partial charge on any atom is 0.416 e. The fourth-order valence-corrected chi connectivity index (χ4v) is 4.14. The number of primary amides is 1. The number of benzene rings is 3. The van der Waals surface area contributed by atoms with Crippen LogP contribution >= 0.6 is 0 Å². The number of imidazole rings is 1. The van der Waals surface area contributed by atoms with E-state index in [1.54, 1.807) is 16.7 Å². The van der Waals surface area contributed by atoms with Gasteiger partial charge in [0.2, 0.25) is 5.91 Å². The minimum absolute atomic E-state index is 0.0121. The number of fused-ring (bicyclic) bond motifs is 1. The molecule has 3 aromatic carbocycles. The van der Waals surface area contributed by atoms with Gasteiger partial charge in [0, 0.05) is 17.7 Å². The van der Waals surface area contributed by atoms with E-state index < -0.39 is 29.4 Å². The molecule has 0 bridgehead atoms. The van der Waals surface area contributed by atoms with Crippen molar-refractivity contribution in [2.45, 2.75) is 25.4 Å². The number of nitrogens with zero attached hydrogens (tertiary/aromatic N) is 4. The first-order chi connectivity index (χ1) is 19.4. The molecular weight excluding hydrogens is 550 g/mol. The van der Waals surface area contributed by atoms with Gasteiger partial charge in [-0.2, -0.15) is 26.3 Å². The van der Waals surface area contributed by atoms with Gasteiger partial charge < -0.3 is 15.6 Å². The van der Waals surface area contributed by atoms with Crippen LogP contribution in [0.15, 0.2) is 79.1 Å². The molecule has 2 heterocycles. The van der Waals surface area contributed by atoms with Gasteiger partial charge in [0.25, 0.3) is 0 Å². The summed E-state index contributed by atoms with van der Waals surface area (Å²) in [5, 5.41) is 3.03. The first-order valence-electron chi connectivity index (χ1n) is 12.1. The highest BCUT2D eigenvalue weighted by atomic mass is 19.4. The molecule has 0 atom stereocenters. The van der Waals surface area contributed by atoms with Gasteiger partial charge in [-0.05, 0) is 47.5 Å². The standard InChI is InChI=1S/C28H20F6N6O/c29-27(30,31)20-10-4-16(5-11-20)14-40-15-37-22-25(36-13-17-2-1-3-21(12-17)28(32,33)34)38-24(39-26(22)40)19-8-6-18(7-9-19)23(35)41/h1-12,15H,13-14H2,(H2,35,41)(H,36,38,39). The van der Waals surface area contributed by atoms with Gasteiger partial charge in [-0.15, -0.1) is 0 Å².